The van der Waals surface area contributed by atoms with Crippen LogP contribution in [-0.2, 0) is 0 Å². The van der Waals surface area contributed by atoms with E-state index in [-0.39, 0.29) is 5.84 Å². The summed E-state index contributed by atoms with van der Waals surface area (Å²) in [6, 6.07) is 3.83. The van der Waals surface area contributed by atoms with Crippen molar-refractivity contribution in [2.45, 2.75) is 20.3 Å². The van der Waals surface area contributed by atoms with Crippen molar-refractivity contribution in [3.05, 3.63) is 23.9 Å². The predicted octanol–water partition coefficient (Wildman–Crippen LogP) is 1.85. The minimum Gasteiger partial charge on any atom is -0.384 e. The average Bonchev–Trinajstić information content (AvgIpc) is 2.28. The van der Waals surface area contributed by atoms with Crippen molar-refractivity contribution in [3.63, 3.8) is 0 Å². The maximum atomic E-state index is 7.34. The molecule has 2 atom stereocenters. The summed E-state index contributed by atoms with van der Waals surface area (Å²) in [6.07, 6.45) is 2.98. The zero-order valence-corrected chi connectivity index (χ0v) is 10.5. The van der Waals surface area contributed by atoms with Crippen molar-refractivity contribution in [3.8, 4) is 0 Å². The van der Waals surface area contributed by atoms with Crippen molar-refractivity contribution >= 4 is 11.7 Å². The van der Waals surface area contributed by atoms with Crippen LogP contribution in [0.25, 0.3) is 0 Å². The smallest absolute Gasteiger partial charge is 0.128 e. The van der Waals surface area contributed by atoms with Gasteiger partial charge in [0, 0.05) is 24.8 Å². The highest BCUT2D eigenvalue weighted by Gasteiger charge is 2.22. The Kier molecular flexibility index (Phi) is 3.31. The maximum Gasteiger partial charge on any atom is 0.128 e. The zero-order chi connectivity index (χ0) is 12.4. The molecule has 0 spiro atoms. The van der Waals surface area contributed by atoms with Gasteiger partial charge in [0.2, 0.25) is 0 Å². The van der Waals surface area contributed by atoms with Crippen LogP contribution in [0.15, 0.2) is 18.3 Å². The summed E-state index contributed by atoms with van der Waals surface area (Å²) in [6.45, 7) is 6.70. The van der Waals surface area contributed by atoms with Gasteiger partial charge in [0.05, 0.1) is 0 Å². The predicted molar refractivity (Wildman–Crippen MR) is 70.4 cm³/mol. The maximum absolute atomic E-state index is 7.34. The SMILES string of the molecule is CC1CC(C)CN(c2ccc(C(=N)N)cn2)C1. The molecule has 0 bridgehead atoms. The molecular formula is C13H20N4. The molecule has 3 N–H and O–H groups in total. The van der Waals surface area contributed by atoms with Gasteiger partial charge in [-0.3, -0.25) is 5.41 Å². The topological polar surface area (TPSA) is 66.0 Å². The zero-order valence-electron chi connectivity index (χ0n) is 10.5. The molecule has 0 saturated carbocycles. The Morgan fingerprint density at radius 3 is 2.47 bits per heavy atom. The highest BCUT2D eigenvalue weighted by molar-refractivity contribution is 5.94. The highest BCUT2D eigenvalue weighted by Crippen LogP contribution is 2.24. The van der Waals surface area contributed by atoms with Crippen LogP contribution in [0.5, 0.6) is 0 Å². The molecule has 1 aromatic rings. The summed E-state index contributed by atoms with van der Waals surface area (Å²) < 4.78 is 0. The summed E-state index contributed by atoms with van der Waals surface area (Å²) in [5.41, 5.74) is 6.10. The van der Waals surface area contributed by atoms with E-state index in [1.165, 1.54) is 6.42 Å². The summed E-state index contributed by atoms with van der Waals surface area (Å²) in [7, 11) is 0. The van der Waals surface area contributed by atoms with Crippen molar-refractivity contribution < 1.29 is 0 Å². The van der Waals surface area contributed by atoms with Gasteiger partial charge in [0.15, 0.2) is 0 Å². The fraction of sp³-hybridized carbons (Fsp3) is 0.538. The first-order chi connectivity index (χ1) is 8.06. The van der Waals surface area contributed by atoms with Gasteiger partial charge in [-0.15, -0.1) is 0 Å². The van der Waals surface area contributed by atoms with Gasteiger partial charge in [0.25, 0.3) is 0 Å². The van der Waals surface area contributed by atoms with Crippen LogP contribution in [0.2, 0.25) is 0 Å². The average molecular weight is 232 g/mol. The number of nitrogen functional groups attached to an aromatic ring is 1. The third-order valence-corrected chi connectivity index (χ3v) is 3.25. The summed E-state index contributed by atoms with van der Waals surface area (Å²) in [5, 5.41) is 7.34. The Hall–Kier alpha value is -1.58. The van der Waals surface area contributed by atoms with E-state index in [0.29, 0.717) is 17.4 Å². The fourth-order valence-electron chi connectivity index (χ4n) is 2.58. The van der Waals surface area contributed by atoms with E-state index in [1.54, 1.807) is 6.20 Å². The van der Waals surface area contributed by atoms with E-state index in [2.05, 4.69) is 23.7 Å². The first-order valence-corrected chi connectivity index (χ1v) is 6.11. The molecular weight excluding hydrogens is 212 g/mol. The summed E-state index contributed by atoms with van der Waals surface area (Å²) >= 11 is 0. The van der Waals surface area contributed by atoms with Gasteiger partial charge in [-0.1, -0.05) is 13.8 Å². The molecule has 1 aliphatic heterocycles. The number of nitrogens with zero attached hydrogens (tertiary/aromatic N) is 2. The van der Waals surface area contributed by atoms with Crippen LogP contribution in [0.3, 0.4) is 0 Å². The lowest BCUT2D eigenvalue weighted by molar-refractivity contribution is 0.355. The van der Waals surface area contributed by atoms with E-state index in [9.17, 15) is 0 Å². The Bertz CT molecular complexity index is 388. The van der Waals surface area contributed by atoms with Gasteiger partial charge < -0.3 is 10.6 Å². The van der Waals surface area contributed by atoms with E-state index in [1.807, 2.05) is 12.1 Å². The van der Waals surface area contributed by atoms with Gasteiger partial charge in [-0.2, -0.15) is 0 Å². The monoisotopic (exact) mass is 232 g/mol. The van der Waals surface area contributed by atoms with Gasteiger partial charge in [-0.05, 0) is 30.4 Å². The number of aromatic nitrogens is 1. The fourth-order valence-corrected chi connectivity index (χ4v) is 2.58. The van der Waals surface area contributed by atoms with E-state index in [0.717, 1.165) is 18.9 Å². The molecule has 1 aromatic heterocycles. The molecule has 2 unspecified atom stereocenters. The first-order valence-electron chi connectivity index (χ1n) is 6.11. The number of piperidine rings is 1. The third kappa shape index (κ3) is 2.75. The van der Waals surface area contributed by atoms with E-state index >= 15 is 0 Å². The molecule has 17 heavy (non-hydrogen) atoms. The molecule has 0 aromatic carbocycles. The lowest BCUT2D eigenvalue weighted by Crippen LogP contribution is -2.39. The minimum atomic E-state index is 0.0735. The molecule has 0 aliphatic carbocycles. The van der Waals surface area contributed by atoms with Crippen LogP contribution >= 0.6 is 0 Å². The van der Waals surface area contributed by atoms with Crippen LogP contribution in [-0.4, -0.2) is 23.9 Å². The number of amidine groups is 1. The number of anilines is 1. The van der Waals surface area contributed by atoms with Crippen LogP contribution in [0, 0.1) is 17.2 Å². The van der Waals surface area contributed by atoms with Gasteiger partial charge in [0.1, 0.15) is 11.7 Å². The number of nitrogens with two attached hydrogens (primary N) is 1. The van der Waals surface area contributed by atoms with Crippen molar-refractivity contribution in [1.29, 1.82) is 5.41 Å². The number of hydrogen-bond acceptors (Lipinski definition) is 3. The summed E-state index contributed by atoms with van der Waals surface area (Å²) in [5.74, 6) is 2.50. The van der Waals surface area contributed by atoms with Crippen molar-refractivity contribution in [1.82, 2.24) is 4.98 Å². The van der Waals surface area contributed by atoms with Gasteiger partial charge in [-0.25, -0.2) is 4.98 Å². The molecule has 92 valence electrons. The number of rotatable bonds is 2. The Balaban J connectivity index is 2.14. The molecule has 0 amide bonds. The molecule has 4 heteroatoms. The molecule has 0 radical (unpaired) electrons. The Labute approximate surface area is 102 Å². The molecule has 4 nitrogen and oxygen atoms in total. The van der Waals surface area contributed by atoms with Crippen LogP contribution < -0.4 is 10.6 Å². The number of nitrogens with one attached hydrogen (secondary N) is 1. The van der Waals surface area contributed by atoms with Crippen molar-refractivity contribution in [2.24, 2.45) is 17.6 Å². The quantitative estimate of drug-likeness (QED) is 0.604. The Morgan fingerprint density at radius 2 is 2.00 bits per heavy atom. The van der Waals surface area contributed by atoms with Crippen molar-refractivity contribution in [2.75, 3.05) is 18.0 Å². The molecule has 1 fully saturated rings. The third-order valence-electron chi connectivity index (χ3n) is 3.25. The van der Waals surface area contributed by atoms with E-state index < -0.39 is 0 Å². The van der Waals surface area contributed by atoms with E-state index in [4.69, 9.17) is 11.1 Å². The lowest BCUT2D eigenvalue weighted by atomic mass is 9.92. The second kappa shape index (κ2) is 4.73. The number of hydrogen-bond donors (Lipinski definition) is 2. The van der Waals surface area contributed by atoms with Crippen LogP contribution in [0.4, 0.5) is 5.82 Å². The summed E-state index contributed by atoms with van der Waals surface area (Å²) in [4.78, 5) is 6.72. The molecule has 1 aliphatic rings. The number of pyridine rings is 1. The molecule has 2 heterocycles. The second-order valence-electron chi connectivity index (χ2n) is 5.17. The molecule has 1 saturated heterocycles. The second-order valence-corrected chi connectivity index (χ2v) is 5.17. The normalized spacial score (nSPS) is 24.7. The van der Waals surface area contributed by atoms with Gasteiger partial charge >= 0.3 is 0 Å². The largest absolute Gasteiger partial charge is 0.384 e. The lowest BCUT2D eigenvalue weighted by Gasteiger charge is -2.35. The first kappa shape index (κ1) is 11.9. The Morgan fingerprint density at radius 1 is 1.35 bits per heavy atom. The molecule has 2 rings (SSSR count). The van der Waals surface area contributed by atoms with Crippen LogP contribution in [0.1, 0.15) is 25.8 Å². The standard InChI is InChI=1S/C13H20N4/c1-9-5-10(2)8-17(7-9)12-4-3-11(6-16-12)13(14)15/h3-4,6,9-10H,5,7-8H2,1-2H3,(H3,14,15). The minimum absolute atomic E-state index is 0.0735. The highest BCUT2D eigenvalue weighted by atomic mass is 15.2.